The average Bonchev–Trinajstić information content (AvgIpc) is 2.93. The molecule has 1 unspecified atom stereocenters. The first-order chi connectivity index (χ1) is 11.3. The molecule has 1 aromatic rings. The van der Waals surface area contributed by atoms with Crippen molar-refractivity contribution in [2.45, 2.75) is 32.2 Å². The number of nitrogens with zero attached hydrogens (tertiary/aromatic N) is 1. The predicted octanol–water partition coefficient (Wildman–Crippen LogP) is 2.13. The Bertz CT molecular complexity index is 632. The number of benzene rings is 1. The lowest BCUT2D eigenvalue weighted by Gasteiger charge is -2.31. The Morgan fingerprint density at radius 1 is 1.25 bits per heavy atom. The van der Waals surface area contributed by atoms with E-state index in [1.54, 1.807) is 6.92 Å². The van der Waals surface area contributed by atoms with Crippen LogP contribution in [0.3, 0.4) is 0 Å². The van der Waals surface area contributed by atoms with Crippen molar-refractivity contribution in [1.29, 1.82) is 0 Å². The molecule has 0 radical (unpaired) electrons. The van der Waals surface area contributed by atoms with Gasteiger partial charge in [-0.2, -0.15) is 0 Å². The smallest absolute Gasteiger partial charge is 0.329 e. The maximum Gasteiger partial charge on any atom is 0.329 e. The van der Waals surface area contributed by atoms with Gasteiger partial charge in [0.15, 0.2) is 0 Å². The minimum absolute atomic E-state index is 0.101. The fourth-order valence-corrected chi connectivity index (χ4v) is 3.42. The van der Waals surface area contributed by atoms with Gasteiger partial charge in [0, 0.05) is 12.2 Å². The third-order valence-electron chi connectivity index (χ3n) is 4.20. The Balaban J connectivity index is 1.79. The predicted molar refractivity (Wildman–Crippen MR) is 94.1 cm³/mol. The number of aryl methyl sites for hydroxylation is 1. The van der Waals surface area contributed by atoms with E-state index in [0.717, 1.165) is 11.3 Å². The van der Waals surface area contributed by atoms with Gasteiger partial charge in [-0.05, 0) is 38.8 Å². The van der Waals surface area contributed by atoms with Crippen molar-refractivity contribution in [2.75, 3.05) is 23.4 Å². The normalized spacial score (nSPS) is 20.0. The summed E-state index contributed by atoms with van der Waals surface area (Å²) in [6, 6.07) is 7.47. The number of carbonyl (C=O) groups is 3. The molecule has 7 heteroatoms. The van der Waals surface area contributed by atoms with Crippen LogP contribution in [0.1, 0.15) is 25.3 Å². The number of rotatable bonds is 6. The van der Waals surface area contributed by atoms with Gasteiger partial charge in [0.1, 0.15) is 5.54 Å². The second-order valence-electron chi connectivity index (χ2n) is 6.13. The van der Waals surface area contributed by atoms with Crippen LogP contribution in [0.5, 0.6) is 0 Å². The maximum absolute atomic E-state index is 12.3. The van der Waals surface area contributed by atoms with E-state index in [4.69, 9.17) is 0 Å². The van der Waals surface area contributed by atoms with Gasteiger partial charge in [0.05, 0.1) is 11.5 Å². The molecule has 130 valence electrons. The lowest BCUT2D eigenvalue weighted by atomic mass is 9.99. The number of amides is 2. The van der Waals surface area contributed by atoms with E-state index < -0.39 is 11.5 Å². The van der Waals surface area contributed by atoms with Gasteiger partial charge in [0.2, 0.25) is 11.8 Å². The topological polar surface area (TPSA) is 86.7 Å². The number of hydrogen-bond acceptors (Lipinski definition) is 4. The third-order valence-corrected chi connectivity index (χ3v) is 5.11. The lowest BCUT2D eigenvalue weighted by molar-refractivity contribution is -0.154. The van der Waals surface area contributed by atoms with E-state index in [9.17, 15) is 19.5 Å². The first kappa shape index (κ1) is 18.3. The molecule has 24 heavy (non-hydrogen) atoms. The van der Waals surface area contributed by atoms with Gasteiger partial charge < -0.3 is 15.3 Å². The van der Waals surface area contributed by atoms with Crippen LogP contribution >= 0.6 is 11.8 Å². The molecule has 1 aliphatic rings. The maximum atomic E-state index is 12.3. The molecule has 1 aliphatic heterocycles. The van der Waals surface area contributed by atoms with E-state index in [0.29, 0.717) is 19.4 Å². The molecular formula is C17H22N2O4S. The largest absolute Gasteiger partial charge is 0.480 e. The van der Waals surface area contributed by atoms with Crippen LogP contribution in [0.15, 0.2) is 24.3 Å². The molecule has 1 saturated heterocycles. The SMILES string of the molecule is Cc1ccc(NC(=O)CSCC(=O)N2CCCC2(C)C(=O)O)cc1. The molecule has 1 heterocycles. The Hall–Kier alpha value is -2.02. The Morgan fingerprint density at radius 3 is 2.54 bits per heavy atom. The van der Waals surface area contributed by atoms with Crippen molar-refractivity contribution in [1.82, 2.24) is 4.90 Å². The number of carbonyl (C=O) groups excluding carboxylic acids is 2. The van der Waals surface area contributed by atoms with Crippen LogP contribution in [0.2, 0.25) is 0 Å². The number of likely N-dealkylation sites (tertiary alicyclic amines) is 1. The molecule has 0 aromatic heterocycles. The minimum Gasteiger partial charge on any atom is -0.480 e. The molecule has 2 rings (SSSR count). The molecule has 1 atom stereocenters. The van der Waals surface area contributed by atoms with E-state index in [-0.39, 0.29) is 23.3 Å². The fourth-order valence-electron chi connectivity index (χ4n) is 2.73. The molecule has 0 saturated carbocycles. The molecule has 1 aromatic carbocycles. The highest BCUT2D eigenvalue weighted by Crippen LogP contribution is 2.29. The highest BCUT2D eigenvalue weighted by molar-refractivity contribution is 8.00. The van der Waals surface area contributed by atoms with E-state index in [2.05, 4.69) is 5.32 Å². The van der Waals surface area contributed by atoms with Gasteiger partial charge in [-0.3, -0.25) is 9.59 Å². The van der Waals surface area contributed by atoms with Crippen molar-refractivity contribution in [2.24, 2.45) is 0 Å². The molecule has 6 nitrogen and oxygen atoms in total. The summed E-state index contributed by atoms with van der Waals surface area (Å²) in [5.41, 5.74) is 0.706. The standard InChI is InChI=1S/C17H22N2O4S/c1-12-4-6-13(7-5-12)18-14(20)10-24-11-15(21)19-9-3-8-17(19,2)16(22)23/h4-7H,3,8-11H2,1-2H3,(H,18,20)(H,22,23). The average molecular weight is 350 g/mol. The zero-order valence-corrected chi connectivity index (χ0v) is 14.7. The molecule has 0 spiro atoms. The number of carboxylic acid groups (broad SMARTS) is 1. The number of carboxylic acids is 1. The van der Waals surface area contributed by atoms with Crippen LogP contribution < -0.4 is 5.32 Å². The van der Waals surface area contributed by atoms with Gasteiger partial charge >= 0.3 is 5.97 Å². The summed E-state index contributed by atoms with van der Waals surface area (Å²) in [5, 5.41) is 12.1. The zero-order valence-electron chi connectivity index (χ0n) is 13.9. The Labute approximate surface area is 145 Å². The summed E-state index contributed by atoms with van der Waals surface area (Å²) >= 11 is 1.19. The van der Waals surface area contributed by atoms with Crippen LogP contribution in [0.4, 0.5) is 5.69 Å². The van der Waals surface area contributed by atoms with Gasteiger partial charge in [-0.15, -0.1) is 11.8 Å². The first-order valence-electron chi connectivity index (χ1n) is 7.81. The monoisotopic (exact) mass is 350 g/mol. The molecule has 2 N–H and O–H groups in total. The quantitative estimate of drug-likeness (QED) is 0.821. The second-order valence-corrected chi connectivity index (χ2v) is 7.12. The summed E-state index contributed by atoms with van der Waals surface area (Å²) in [6.07, 6.45) is 1.15. The lowest BCUT2D eigenvalue weighted by Crippen LogP contribution is -2.51. The number of anilines is 1. The first-order valence-corrected chi connectivity index (χ1v) is 8.96. The Morgan fingerprint density at radius 2 is 1.92 bits per heavy atom. The van der Waals surface area contributed by atoms with E-state index in [1.807, 2.05) is 31.2 Å². The summed E-state index contributed by atoms with van der Waals surface area (Å²) < 4.78 is 0. The number of thioether (sulfide) groups is 1. The summed E-state index contributed by atoms with van der Waals surface area (Å²) in [5.74, 6) is -1.14. The van der Waals surface area contributed by atoms with E-state index in [1.165, 1.54) is 16.7 Å². The fraction of sp³-hybridized carbons (Fsp3) is 0.471. The third kappa shape index (κ3) is 4.29. The molecule has 1 fully saturated rings. The summed E-state index contributed by atoms with van der Waals surface area (Å²) in [6.45, 7) is 4.00. The number of hydrogen-bond donors (Lipinski definition) is 2. The van der Waals surface area contributed by atoms with Crippen LogP contribution in [0.25, 0.3) is 0 Å². The Kier molecular flexibility index (Phi) is 5.88. The van der Waals surface area contributed by atoms with Crippen LogP contribution in [-0.2, 0) is 14.4 Å². The van der Waals surface area contributed by atoms with Crippen molar-refractivity contribution < 1.29 is 19.5 Å². The van der Waals surface area contributed by atoms with Crippen molar-refractivity contribution in [3.63, 3.8) is 0 Å². The highest BCUT2D eigenvalue weighted by Gasteiger charge is 2.45. The van der Waals surface area contributed by atoms with Crippen LogP contribution in [0, 0.1) is 6.92 Å². The number of nitrogens with one attached hydrogen (secondary N) is 1. The second kappa shape index (κ2) is 7.70. The zero-order chi connectivity index (χ0) is 17.7. The minimum atomic E-state index is -1.12. The molecule has 0 aliphatic carbocycles. The summed E-state index contributed by atoms with van der Waals surface area (Å²) in [7, 11) is 0. The van der Waals surface area contributed by atoms with Crippen molar-refractivity contribution >= 4 is 35.2 Å². The molecule has 2 amide bonds. The molecule has 0 bridgehead atoms. The van der Waals surface area contributed by atoms with Gasteiger partial charge in [0.25, 0.3) is 0 Å². The van der Waals surface area contributed by atoms with Crippen molar-refractivity contribution in [3.05, 3.63) is 29.8 Å². The van der Waals surface area contributed by atoms with Gasteiger partial charge in [-0.1, -0.05) is 17.7 Å². The highest BCUT2D eigenvalue weighted by atomic mass is 32.2. The van der Waals surface area contributed by atoms with Gasteiger partial charge in [-0.25, -0.2) is 4.79 Å². The number of aliphatic carboxylic acids is 1. The van der Waals surface area contributed by atoms with Crippen LogP contribution in [-0.4, -0.2) is 51.4 Å². The van der Waals surface area contributed by atoms with Crippen molar-refractivity contribution in [3.8, 4) is 0 Å². The summed E-state index contributed by atoms with van der Waals surface area (Å²) in [4.78, 5) is 36.9. The molecular weight excluding hydrogens is 328 g/mol. The van der Waals surface area contributed by atoms with E-state index >= 15 is 0 Å².